The molecule has 8 heteroatoms. The number of hydrogen-bond donors (Lipinski definition) is 2. The largest absolute Gasteiger partial charge is 0.494 e. The number of ether oxygens (including phenoxy) is 1. The normalized spacial score (nSPS) is 16.1. The minimum absolute atomic E-state index is 0.0498. The maximum Gasteiger partial charge on any atom is 0.316 e. The molecule has 2 N–H and O–H groups in total. The van der Waals surface area contributed by atoms with E-state index in [0.717, 1.165) is 11.1 Å². The van der Waals surface area contributed by atoms with Crippen LogP contribution in [0.3, 0.4) is 0 Å². The van der Waals surface area contributed by atoms with Gasteiger partial charge in [-0.2, -0.15) is 0 Å². The van der Waals surface area contributed by atoms with Gasteiger partial charge in [0.15, 0.2) is 11.8 Å². The molecule has 4 rings (SSSR count). The fourth-order valence-corrected chi connectivity index (χ4v) is 4.31. The lowest BCUT2D eigenvalue weighted by atomic mass is 10.0. The Morgan fingerprint density at radius 3 is 2.25 bits per heavy atom. The van der Waals surface area contributed by atoms with Gasteiger partial charge in [-0.25, -0.2) is 0 Å². The van der Waals surface area contributed by atoms with Crippen LogP contribution in [0.15, 0.2) is 36.4 Å². The predicted molar refractivity (Wildman–Crippen MR) is 120 cm³/mol. The molecule has 0 saturated carbocycles. The lowest BCUT2D eigenvalue weighted by molar-refractivity contribution is -0.146. The third-order valence-electron chi connectivity index (χ3n) is 5.86. The molecular formula is C24H29N3O5. The van der Waals surface area contributed by atoms with Crippen LogP contribution >= 0.6 is 0 Å². The van der Waals surface area contributed by atoms with Crippen molar-refractivity contribution in [2.24, 2.45) is 0 Å². The van der Waals surface area contributed by atoms with Crippen LogP contribution in [-0.4, -0.2) is 57.2 Å². The first-order valence-corrected chi connectivity index (χ1v) is 11.0. The quantitative estimate of drug-likeness (QED) is 0.511. The number of carbonyl (C=O) groups excluding carboxylic acids is 2. The van der Waals surface area contributed by atoms with E-state index in [1.807, 2.05) is 38.1 Å². The fourth-order valence-electron chi connectivity index (χ4n) is 4.31. The molecule has 8 nitrogen and oxygen atoms in total. The highest BCUT2D eigenvalue weighted by molar-refractivity contribution is 6.41. The van der Waals surface area contributed by atoms with Gasteiger partial charge in [0.05, 0.1) is 11.8 Å². The molecule has 2 aromatic rings. The molecule has 0 radical (unpaired) electrons. The summed E-state index contributed by atoms with van der Waals surface area (Å²) in [5, 5.41) is 20.9. The Morgan fingerprint density at radius 1 is 0.938 bits per heavy atom. The van der Waals surface area contributed by atoms with Crippen molar-refractivity contribution in [3.63, 3.8) is 0 Å². The summed E-state index contributed by atoms with van der Waals surface area (Å²) in [5.41, 5.74) is 2.11. The van der Waals surface area contributed by atoms with Crippen LogP contribution in [0.5, 0.6) is 17.5 Å². The Morgan fingerprint density at radius 2 is 1.59 bits per heavy atom. The van der Waals surface area contributed by atoms with Gasteiger partial charge < -0.3 is 19.8 Å². The van der Waals surface area contributed by atoms with Gasteiger partial charge >= 0.3 is 11.8 Å². The molecule has 0 spiro atoms. The van der Waals surface area contributed by atoms with Gasteiger partial charge in [0.25, 0.3) is 0 Å². The number of benzene rings is 1. The van der Waals surface area contributed by atoms with Gasteiger partial charge in [0, 0.05) is 37.3 Å². The molecule has 0 unspecified atom stereocenters. The Hall–Kier alpha value is -3.42. The highest BCUT2D eigenvalue weighted by atomic mass is 16.5. The standard InChI is InChI=1S/C24H29N3O5/c1-16(2)32-20-11-6-5-10-19(20)26-15-14-25(23(30)24(26)31)12-7-13-27-21(28)17-8-3-4-9-18(17)22(27)29/h3-6,10-11,16,28-29H,7-9,12-15H2,1-2H3. The molecule has 1 aliphatic carbocycles. The smallest absolute Gasteiger partial charge is 0.316 e. The topological polar surface area (TPSA) is 95.2 Å². The third-order valence-corrected chi connectivity index (χ3v) is 5.86. The zero-order chi connectivity index (χ0) is 22.8. The van der Waals surface area contributed by atoms with Crippen molar-refractivity contribution >= 4 is 17.5 Å². The number of anilines is 1. The maximum atomic E-state index is 12.8. The number of nitrogens with zero attached hydrogens (tertiary/aromatic N) is 3. The molecule has 2 heterocycles. The van der Waals surface area contributed by atoms with E-state index in [1.165, 1.54) is 14.4 Å². The number of rotatable bonds is 7. The van der Waals surface area contributed by atoms with Gasteiger partial charge in [-0.3, -0.25) is 19.1 Å². The lowest BCUT2D eigenvalue weighted by Gasteiger charge is -2.34. The average Bonchev–Trinajstić information content (AvgIpc) is 3.02. The summed E-state index contributed by atoms with van der Waals surface area (Å²) < 4.78 is 7.29. The molecule has 32 heavy (non-hydrogen) atoms. The van der Waals surface area contributed by atoms with E-state index in [4.69, 9.17) is 4.74 Å². The van der Waals surface area contributed by atoms with Crippen LogP contribution in [0, 0.1) is 0 Å². The second-order valence-corrected chi connectivity index (χ2v) is 8.37. The summed E-state index contributed by atoms with van der Waals surface area (Å²) in [4.78, 5) is 28.6. The first-order valence-electron chi connectivity index (χ1n) is 11.0. The predicted octanol–water partition coefficient (Wildman–Crippen LogP) is 2.61. The highest BCUT2D eigenvalue weighted by Gasteiger charge is 2.34. The first kappa shape index (κ1) is 21.8. The van der Waals surface area contributed by atoms with Gasteiger partial charge in [-0.05, 0) is 45.2 Å². The van der Waals surface area contributed by atoms with Crippen molar-refractivity contribution < 1.29 is 24.5 Å². The summed E-state index contributed by atoms with van der Waals surface area (Å²) in [5.74, 6) is -0.398. The van der Waals surface area contributed by atoms with E-state index >= 15 is 0 Å². The molecule has 1 saturated heterocycles. The van der Waals surface area contributed by atoms with Crippen LogP contribution < -0.4 is 9.64 Å². The van der Waals surface area contributed by atoms with Gasteiger partial charge in [0.1, 0.15) is 5.75 Å². The first-order chi connectivity index (χ1) is 15.4. The summed E-state index contributed by atoms with van der Waals surface area (Å²) in [6.07, 6.45) is 5.59. The summed E-state index contributed by atoms with van der Waals surface area (Å²) in [6.45, 7) is 5.33. The Labute approximate surface area is 187 Å². The molecule has 0 atom stereocenters. The number of piperazine rings is 1. The van der Waals surface area contributed by atoms with Crippen LogP contribution in [0.2, 0.25) is 0 Å². The fraction of sp³-hybridized carbons (Fsp3) is 0.417. The van der Waals surface area contributed by atoms with Crippen molar-refractivity contribution in [2.75, 3.05) is 24.5 Å². The Kier molecular flexibility index (Phi) is 6.12. The number of allylic oxidation sites excluding steroid dienone is 2. The minimum Gasteiger partial charge on any atom is -0.494 e. The summed E-state index contributed by atoms with van der Waals surface area (Å²) in [7, 11) is 0. The van der Waals surface area contributed by atoms with Crippen LogP contribution in [0.1, 0.15) is 31.4 Å². The molecule has 1 fully saturated rings. The van der Waals surface area contributed by atoms with Crippen molar-refractivity contribution in [3.8, 4) is 17.5 Å². The zero-order valence-corrected chi connectivity index (χ0v) is 18.5. The van der Waals surface area contributed by atoms with Crippen LogP contribution in [-0.2, 0) is 29.0 Å². The number of fused-ring (bicyclic) bond motifs is 1. The molecule has 0 bridgehead atoms. The van der Waals surface area contributed by atoms with Crippen LogP contribution in [0.25, 0.3) is 0 Å². The van der Waals surface area contributed by atoms with Gasteiger partial charge in [-0.1, -0.05) is 24.3 Å². The van der Waals surface area contributed by atoms with Crippen molar-refractivity contribution in [3.05, 3.63) is 47.5 Å². The third kappa shape index (κ3) is 4.04. The average molecular weight is 440 g/mol. The minimum atomic E-state index is -0.579. The van der Waals surface area contributed by atoms with Crippen molar-refractivity contribution in [2.45, 2.75) is 45.8 Å². The van der Waals surface area contributed by atoms with E-state index in [9.17, 15) is 19.8 Å². The molecule has 1 aromatic carbocycles. The Bertz CT molecular complexity index is 1020. The van der Waals surface area contributed by atoms with Crippen LogP contribution in [0.4, 0.5) is 5.69 Å². The molecular weight excluding hydrogens is 410 g/mol. The number of carbonyl (C=O) groups is 2. The number of hydrogen-bond acceptors (Lipinski definition) is 5. The maximum absolute atomic E-state index is 12.8. The second kappa shape index (κ2) is 8.98. The lowest BCUT2D eigenvalue weighted by Crippen LogP contribution is -2.54. The molecule has 1 aromatic heterocycles. The second-order valence-electron chi connectivity index (χ2n) is 8.37. The summed E-state index contributed by atoms with van der Waals surface area (Å²) >= 11 is 0. The SMILES string of the molecule is CC(C)Oc1ccccc1N1CCN(CCCn2c(O)c3c(c2O)CC=CC3)C(=O)C1=O. The van der Waals surface area contributed by atoms with E-state index in [1.54, 1.807) is 12.1 Å². The number of para-hydroxylation sites is 2. The van der Waals surface area contributed by atoms with Gasteiger partial charge in [0.2, 0.25) is 0 Å². The number of aromatic hydroxyl groups is 2. The molecule has 170 valence electrons. The number of amides is 2. The van der Waals surface area contributed by atoms with E-state index in [0.29, 0.717) is 56.9 Å². The molecule has 1 aliphatic heterocycles. The highest BCUT2D eigenvalue weighted by Crippen LogP contribution is 2.37. The van der Waals surface area contributed by atoms with E-state index in [-0.39, 0.29) is 17.9 Å². The zero-order valence-electron chi connectivity index (χ0n) is 18.5. The number of aromatic nitrogens is 1. The molecule has 2 amide bonds. The molecule has 2 aliphatic rings. The summed E-state index contributed by atoms with van der Waals surface area (Å²) in [6, 6.07) is 7.24. The van der Waals surface area contributed by atoms with E-state index in [2.05, 4.69) is 0 Å². The van der Waals surface area contributed by atoms with E-state index < -0.39 is 11.8 Å². The van der Waals surface area contributed by atoms with Crippen molar-refractivity contribution in [1.29, 1.82) is 0 Å². The van der Waals surface area contributed by atoms with Gasteiger partial charge in [-0.15, -0.1) is 0 Å². The van der Waals surface area contributed by atoms with Crippen molar-refractivity contribution in [1.82, 2.24) is 9.47 Å². The monoisotopic (exact) mass is 439 g/mol. The Balaban J connectivity index is 1.39.